The van der Waals surface area contributed by atoms with Crippen LogP contribution in [0.15, 0.2) is 18.2 Å². The highest BCUT2D eigenvalue weighted by molar-refractivity contribution is 5.85. The van der Waals surface area contributed by atoms with Crippen molar-refractivity contribution in [3.63, 3.8) is 0 Å². The summed E-state index contributed by atoms with van der Waals surface area (Å²) in [5.74, 6) is 0.609. The maximum atomic E-state index is 11.8. The number of ether oxygens (including phenoxy) is 3. The smallest absolute Gasteiger partial charge is 0.412 e. The van der Waals surface area contributed by atoms with E-state index >= 15 is 0 Å². The van der Waals surface area contributed by atoms with Crippen molar-refractivity contribution in [2.45, 2.75) is 39.2 Å². The van der Waals surface area contributed by atoms with Crippen molar-refractivity contribution >= 4 is 17.7 Å². The number of amides is 1. The van der Waals surface area contributed by atoms with Crippen molar-refractivity contribution in [3.05, 3.63) is 23.8 Å². The second kappa shape index (κ2) is 6.89. The first kappa shape index (κ1) is 17.1. The summed E-state index contributed by atoms with van der Waals surface area (Å²) < 4.78 is 15.6. The molecule has 1 aromatic carbocycles. The lowest BCUT2D eigenvalue weighted by atomic mass is 9.94. The number of esters is 1. The molecule has 0 unspecified atom stereocenters. The van der Waals surface area contributed by atoms with Crippen molar-refractivity contribution in [2.75, 3.05) is 19.0 Å². The van der Waals surface area contributed by atoms with Crippen LogP contribution < -0.4 is 10.1 Å². The highest BCUT2D eigenvalue weighted by atomic mass is 16.6. The summed E-state index contributed by atoms with van der Waals surface area (Å²) in [7, 11) is 1.38. The maximum absolute atomic E-state index is 11.8. The second-order valence-electron chi connectivity index (χ2n) is 6.61. The van der Waals surface area contributed by atoms with Gasteiger partial charge in [-0.05, 0) is 51.0 Å². The lowest BCUT2D eigenvalue weighted by Crippen LogP contribution is -2.27. The molecule has 0 aromatic heterocycles. The zero-order chi connectivity index (χ0) is 17.0. The summed E-state index contributed by atoms with van der Waals surface area (Å²) in [6, 6.07) is 5.43. The molecule has 2 rings (SSSR count). The number of benzene rings is 1. The van der Waals surface area contributed by atoms with Gasteiger partial charge in [0.05, 0.1) is 20.1 Å². The first-order valence-corrected chi connectivity index (χ1v) is 7.59. The minimum atomic E-state index is -0.549. The summed E-state index contributed by atoms with van der Waals surface area (Å²) in [5.41, 5.74) is 1.05. The fourth-order valence-electron chi connectivity index (χ4n) is 2.41. The number of carbonyl (C=O) groups excluding carboxylic acids is 2. The number of fused-ring (bicyclic) bond motifs is 1. The van der Waals surface area contributed by atoms with Crippen LogP contribution in [0.25, 0.3) is 0 Å². The summed E-state index contributed by atoms with van der Waals surface area (Å²) in [4.78, 5) is 23.2. The van der Waals surface area contributed by atoms with Gasteiger partial charge in [-0.2, -0.15) is 0 Å². The number of methoxy groups -OCH3 is 1. The lowest BCUT2D eigenvalue weighted by Gasteiger charge is -2.25. The summed E-state index contributed by atoms with van der Waals surface area (Å²) >= 11 is 0. The van der Waals surface area contributed by atoms with Crippen LogP contribution in [0.4, 0.5) is 10.5 Å². The Balaban J connectivity index is 2.03. The molecule has 6 nitrogen and oxygen atoms in total. The van der Waals surface area contributed by atoms with E-state index < -0.39 is 11.7 Å². The average Bonchev–Trinajstić information content (AvgIpc) is 2.44. The van der Waals surface area contributed by atoms with Crippen molar-refractivity contribution in [1.29, 1.82) is 0 Å². The van der Waals surface area contributed by atoms with Gasteiger partial charge in [-0.3, -0.25) is 10.1 Å². The maximum Gasteiger partial charge on any atom is 0.412 e. The van der Waals surface area contributed by atoms with Crippen LogP contribution >= 0.6 is 0 Å². The van der Waals surface area contributed by atoms with Crippen LogP contribution in [0.2, 0.25) is 0 Å². The molecular weight excluding hydrogens is 298 g/mol. The molecule has 0 fully saturated rings. The highest BCUT2D eigenvalue weighted by Gasteiger charge is 2.23. The van der Waals surface area contributed by atoms with Crippen LogP contribution in [0, 0.1) is 5.92 Å². The Hall–Kier alpha value is -2.24. The van der Waals surface area contributed by atoms with Crippen molar-refractivity contribution in [2.24, 2.45) is 5.92 Å². The molecule has 1 atom stereocenters. The number of hydrogen-bond acceptors (Lipinski definition) is 5. The number of carbonyl (C=O) groups is 2. The van der Waals surface area contributed by atoms with Gasteiger partial charge < -0.3 is 14.2 Å². The Kier molecular flexibility index (Phi) is 5.13. The Morgan fingerprint density at radius 3 is 2.74 bits per heavy atom. The van der Waals surface area contributed by atoms with E-state index in [1.54, 1.807) is 6.07 Å². The number of hydrogen-bond donors (Lipinski definition) is 1. The fraction of sp³-hybridized carbons (Fsp3) is 0.529. The zero-order valence-electron chi connectivity index (χ0n) is 14.0. The van der Waals surface area contributed by atoms with Gasteiger partial charge in [0.25, 0.3) is 0 Å². The summed E-state index contributed by atoms with van der Waals surface area (Å²) in [6.45, 7) is 5.92. The van der Waals surface area contributed by atoms with Gasteiger partial charge in [0.2, 0.25) is 0 Å². The van der Waals surface area contributed by atoms with E-state index in [1.165, 1.54) is 7.11 Å². The highest BCUT2D eigenvalue weighted by Crippen LogP contribution is 2.31. The van der Waals surface area contributed by atoms with Gasteiger partial charge in [0, 0.05) is 11.6 Å². The van der Waals surface area contributed by atoms with E-state index in [2.05, 4.69) is 5.32 Å². The molecular formula is C17H23NO5. The molecule has 1 aliphatic heterocycles. The van der Waals surface area contributed by atoms with E-state index in [1.807, 2.05) is 32.9 Å². The number of nitrogens with one attached hydrogen (secondary N) is 1. The monoisotopic (exact) mass is 321 g/mol. The third-order valence-corrected chi connectivity index (χ3v) is 3.37. The molecule has 0 spiro atoms. The van der Waals surface area contributed by atoms with Crippen LogP contribution in [-0.2, 0) is 20.7 Å². The fourth-order valence-corrected chi connectivity index (χ4v) is 2.41. The molecule has 0 bridgehead atoms. The third-order valence-electron chi connectivity index (χ3n) is 3.37. The van der Waals surface area contributed by atoms with Gasteiger partial charge in [-0.25, -0.2) is 4.79 Å². The molecule has 6 heteroatoms. The van der Waals surface area contributed by atoms with E-state index in [9.17, 15) is 9.59 Å². The number of anilines is 1. The standard InChI is InChI=1S/C17H23NO5/c1-17(2,3)23-16(20)18-13-5-6-14-12(9-13)7-11(10-22-14)8-15(19)21-4/h5-6,9,11H,7-8,10H2,1-4H3,(H,18,20)/t11-/m0/s1. The van der Waals surface area contributed by atoms with Gasteiger partial charge in [-0.15, -0.1) is 0 Å². The molecule has 1 N–H and O–H groups in total. The molecule has 0 saturated heterocycles. The Morgan fingerprint density at radius 1 is 1.35 bits per heavy atom. The quantitative estimate of drug-likeness (QED) is 0.866. The molecule has 126 valence electrons. The normalized spacial score (nSPS) is 16.8. The SMILES string of the molecule is COC(=O)C[C@H]1COc2ccc(NC(=O)OC(C)(C)C)cc2C1. The number of rotatable bonds is 3. The van der Waals surface area contributed by atoms with Crippen LogP contribution in [-0.4, -0.2) is 31.4 Å². The van der Waals surface area contributed by atoms with Crippen molar-refractivity contribution < 1.29 is 23.8 Å². The minimum Gasteiger partial charge on any atom is -0.493 e. The molecule has 1 amide bonds. The van der Waals surface area contributed by atoms with Gasteiger partial charge in [0.1, 0.15) is 11.4 Å². The molecule has 1 heterocycles. The largest absolute Gasteiger partial charge is 0.493 e. The van der Waals surface area contributed by atoms with E-state index in [0.29, 0.717) is 25.1 Å². The predicted octanol–water partition coefficient (Wildman–Crippen LogP) is 3.15. The van der Waals surface area contributed by atoms with Crippen LogP contribution in [0.3, 0.4) is 0 Å². The van der Waals surface area contributed by atoms with E-state index in [4.69, 9.17) is 14.2 Å². The van der Waals surface area contributed by atoms with E-state index in [-0.39, 0.29) is 11.9 Å². The van der Waals surface area contributed by atoms with Crippen molar-refractivity contribution in [1.82, 2.24) is 0 Å². The lowest BCUT2D eigenvalue weighted by molar-refractivity contribution is -0.142. The first-order chi connectivity index (χ1) is 10.8. The minimum absolute atomic E-state index is 0.0757. The van der Waals surface area contributed by atoms with Crippen LogP contribution in [0.1, 0.15) is 32.8 Å². The predicted molar refractivity (Wildman–Crippen MR) is 85.6 cm³/mol. The second-order valence-corrected chi connectivity index (χ2v) is 6.61. The molecule has 0 radical (unpaired) electrons. The van der Waals surface area contributed by atoms with Gasteiger partial charge in [0.15, 0.2) is 0 Å². The summed E-state index contributed by atoms with van der Waals surface area (Å²) in [6.07, 6.45) is 0.522. The Bertz CT molecular complexity index is 591. The average molecular weight is 321 g/mol. The molecule has 23 heavy (non-hydrogen) atoms. The first-order valence-electron chi connectivity index (χ1n) is 7.59. The molecule has 1 aliphatic rings. The summed E-state index contributed by atoms with van der Waals surface area (Å²) in [5, 5.41) is 2.71. The van der Waals surface area contributed by atoms with Gasteiger partial charge in [-0.1, -0.05) is 0 Å². The topological polar surface area (TPSA) is 73.9 Å². The zero-order valence-corrected chi connectivity index (χ0v) is 14.0. The van der Waals surface area contributed by atoms with E-state index in [0.717, 1.165) is 11.3 Å². The Labute approximate surface area is 136 Å². The van der Waals surface area contributed by atoms with Crippen LogP contribution in [0.5, 0.6) is 5.75 Å². The molecule has 1 aromatic rings. The molecule has 0 saturated carbocycles. The molecule has 0 aliphatic carbocycles. The Morgan fingerprint density at radius 2 is 2.09 bits per heavy atom. The van der Waals surface area contributed by atoms with Gasteiger partial charge >= 0.3 is 12.1 Å². The third kappa shape index (κ3) is 5.16. The van der Waals surface area contributed by atoms with Crippen molar-refractivity contribution in [3.8, 4) is 5.75 Å².